The Balaban J connectivity index is 1.25. The molecule has 42 heavy (non-hydrogen) atoms. The average Bonchev–Trinajstić information content (AvgIpc) is 3.08. The molecular formula is C40H26N2. The molecule has 2 nitrogen and oxygen atoms in total. The van der Waals surface area contributed by atoms with Gasteiger partial charge in [-0.2, -0.15) is 0 Å². The SMILES string of the molecule is c1ccc(-c2ccc(-c3cccc(-c4cccc(-c5nc6ccccc6c6ccccc56)n4)c3)c3ccccc23)cc1. The van der Waals surface area contributed by atoms with E-state index in [1.807, 2.05) is 6.07 Å². The maximum absolute atomic E-state index is 5.16. The fourth-order valence-electron chi connectivity index (χ4n) is 6.09. The van der Waals surface area contributed by atoms with Gasteiger partial charge in [-0.25, -0.2) is 9.97 Å². The Kier molecular flexibility index (Phi) is 5.82. The Morgan fingerprint density at radius 2 is 0.857 bits per heavy atom. The monoisotopic (exact) mass is 534 g/mol. The molecule has 0 radical (unpaired) electrons. The van der Waals surface area contributed by atoms with Crippen LogP contribution in [0.3, 0.4) is 0 Å². The normalized spacial score (nSPS) is 11.3. The van der Waals surface area contributed by atoms with Crippen molar-refractivity contribution < 1.29 is 0 Å². The fourth-order valence-corrected chi connectivity index (χ4v) is 6.09. The lowest BCUT2D eigenvalue weighted by Crippen LogP contribution is -1.93. The van der Waals surface area contributed by atoms with Crippen molar-refractivity contribution in [1.29, 1.82) is 0 Å². The molecule has 0 fully saturated rings. The van der Waals surface area contributed by atoms with E-state index >= 15 is 0 Å². The molecule has 2 heteroatoms. The number of para-hydroxylation sites is 1. The molecule has 0 aliphatic heterocycles. The molecule has 0 unspecified atom stereocenters. The van der Waals surface area contributed by atoms with Gasteiger partial charge in [0.2, 0.25) is 0 Å². The topological polar surface area (TPSA) is 25.8 Å². The summed E-state index contributed by atoms with van der Waals surface area (Å²) in [5.74, 6) is 0. The van der Waals surface area contributed by atoms with Crippen LogP contribution in [0.4, 0.5) is 0 Å². The highest BCUT2D eigenvalue weighted by Crippen LogP contribution is 2.37. The third kappa shape index (κ3) is 4.13. The van der Waals surface area contributed by atoms with Gasteiger partial charge < -0.3 is 0 Å². The minimum atomic E-state index is 0.873. The summed E-state index contributed by atoms with van der Waals surface area (Å²) >= 11 is 0. The van der Waals surface area contributed by atoms with Gasteiger partial charge in [-0.05, 0) is 62.7 Å². The van der Waals surface area contributed by atoms with Gasteiger partial charge in [0.15, 0.2) is 0 Å². The Bertz CT molecular complexity index is 2250. The van der Waals surface area contributed by atoms with Crippen LogP contribution in [0, 0.1) is 0 Å². The first-order chi connectivity index (χ1) is 20.8. The molecule has 0 saturated carbocycles. The summed E-state index contributed by atoms with van der Waals surface area (Å²) in [4.78, 5) is 10.2. The number of pyridine rings is 2. The molecule has 0 amide bonds. The van der Waals surface area contributed by atoms with Gasteiger partial charge in [0.25, 0.3) is 0 Å². The van der Waals surface area contributed by atoms with Crippen LogP contribution in [-0.2, 0) is 0 Å². The molecule has 0 saturated heterocycles. The lowest BCUT2D eigenvalue weighted by atomic mass is 9.91. The van der Waals surface area contributed by atoms with Crippen molar-refractivity contribution in [2.75, 3.05) is 0 Å². The van der Waals surface area contributed by atoms with E-state index in [0.29, 0.717) is 0 Å². The van der Waals surface area contributed by atoms with Crippen molar-refractivity contribution in [2.45, 2.75) is 0 Å². The Morgan fingerprint density at radius 3 is 1.64 bits per heavy atom. The number of hydrogen-bond acceptors (Lipinski definition) is 2. The molecule has 0 N–H and O–H groups in total. The molecule has 8 rings (SSSR count). The van der Waals surface area contributed by atoms with Crippen molar-refractivity contribution in [2.24, 2.45) is 0 Å². The third-order valence-corrected chi connectivity index (χ3v) is 8.08. The Morgan fingerprint density at radius 1 is 0.310 bits per heavy atom. The van der Waals surface area contributed by atoms with Gasteiger partial charge in [-0.15, -0.1) is 0 Å². The van der Waals surface area contributed by atoms with Crippen LogP contribution in [0.15, 0.2) is 158 Å². The molecule has 8 aromatic rings. The predicted octanol–water partition coefficient (Wildman–Crippen LogP) is 10.6. The van der Waals surface area contributed by atoms with Crippen molar-refractivity contribution >= 4 is 32.4 Å². The molecule has 0 bridgehead atoms. The summed E-state index contributed by atoms with van der Waals surface area (Å²) in [6.45, 7) is 0. The highest BCUT2D eigenvalue weighted by atomic mass is 14.8. The van der Waals surface area contributed by atoms with Gasteiger partial charge in [-0.3, -0.25) is 0 Å². The lowest BCUT2D eigenvalue weighted by Gasteiger charge is -2.13. The zero-order valence-electron chi connectivity index (χ0n) is 22.9. The Labute approximate surface area is 244 Å². The number of hydrogen-bond donors (Lipinski definition) is 0. The number of aromatic nitrogens is 2. The number of fused-ring (bicyclic) bond motifs is 4. The molecule has 0 atom stereocenters. The maximum atomic E-state index is 5.16. The van der Waals surface area contributed by atoms with E-state index in [9.17, 15) is 0 Å². The zero-order valence-corrected chi connectivity index (χ0v) is 22.9. The molecule has 0 spiro atoms. The molecule has 2 heterocycles. The molecule has 0 aliphatic rings. The average molecular weight is 535 g/mol. The van der Waals surface area contributed by atoms with Gasteiger partial charge in [-0.1, -0.05) is 133 Å². The highest BCUT2D eigenvalue weighted by molar-refractivity contribution is 6.10. The number of rotatable bonds is 4. The summed E-state index contributed by atoms with van der Waals surface area (Å²) in [5, 5.41) is 5.95. The van der Waals surface area contributed by atoms with E-state index in [1.54, 1.807) is 0 Å². The van der Waals surface area contributed by atoms with Crippen molar-refractivity contribution in [1.82, 2.24) is 9.97 Å². The van der Waals surface area contributed by atoms with E-state index in [0.717, 1.165) is 38.9 Å². The lowest BCUT2D eigenvalue weighted by molar-refractivity contribution is 1.29. The minimum Gasteiger partial charge on any atom is -0.246 e. The van der Waals surface area contributed by atoms with Crippen LogP contribution >= 0.6 is 0 Å². The highest BCUT2D eigenvalue weighted by Gasteiger charge is 2.13. The first-order valence-electron chi connectivity index (χ1n) is 14.3. The van der Waals surface area contributed by atoms with Gasteiger partial charge in [0.1, 0.15) is 0 Å². The van der Waals surface area contributed by atoms with E-state index in [1.165, 1.54) is 38.4 Å². The third-order valence-electron chi connectivity index (χ3n) is 8.08. The minimum absolute atomic E-state index is 0.873. The van der Waals surface area contributed by atoms with Crippen LogP contribution < -0.4 is 0 Å². The second kappa shape index (κ2) is 10.1. The van der Waals surface area contributed by atoms with Crippen LogP contribution in [0.5, 0.6) is 0 Å². The first-order valence-corrected chi connectivity index (χ1v) is 14.3. The first kappa shape index (κ1) is 24.2. The summed E-state index contributed by atoms with van der Waals surface area (Å²) in [6, 6.07) is 55.5. The van der Waals surface area contributed by atoms with Gasteiger partial charge >= 0.3 is 0 Å². The summed E-state index contributed by atoms with van der Waals surface area (Å²) < 4.78 is 0. The van der Waals surface area contributed by atoms with E-state index in [2.05, 4.69) is 152 Å². The second-order valence-electron chi connectivity index (χ2n) is 10.6. The van der Waals surface area contributed by atoms with Crippen molar-refractivity contribution in [3.63, 3.8) is 0 Å². The zero-order chi connectivity index (χ0) is 27.9. The standard InChI is InChI=1S/C40H26N2/c1-2-12-27(13-3-1)30-24-25-31(33-17-5-4-16-32(30)33)28-14-10-15-29(26-28)37-22-11-23-39(41-37)40-36-20-7-6-18-34(36)35-19-8-9-21-38(35)42-40/h1-26H. The summed E-state index contributed by atoms with van der Waals surface area (Å²) in [5.41, 5.74) is 9.62. The predicted molar refractivity (Wildman–Crippen MR) is 176 cm³/mol. The van der Waals surface area contributed by atoms with Gasteiger partial charge in [0, 0.05) is 16.3 Å². The van der Waals surface area contributed by atoms with E-state index < -0.39 is 0 Å². The maximum Gasteiger partial charge on any atom is 0.0972 e. The molecule has 0 aliphatic carbocycles. The summed E-state index contributed by atoms with van der Waals surface area (Å²) in [6.07, 6.45) is 0. The number of benzene rings is 6. The van der Waals surface area contributed by atoms with Crippen LogP contribution in [0.25, 0.3) is 77.3 Å². The second-order valence-corrected chi connectivity index (χ2v) is 10.6. The molecule has 6 aromatic carbocycles. The van der Waals surface area contributed by atoms with Crippen LogP contribution in [0.1, 0.15) is 0 Å². The van der Waals surface area contributed by atoms with Crippen molar-refractivity contribution in [3.8, 4) is 44.9 Å². The fraction of sp³-hybridized carbons (Fsp3) is 0. The van der Waals surface area contributed by atoms with E-state index in [4.69, 9.17) is 9.97 Å². The molecular weight excluding hydrogens is 508 g/mol. The molecule has 196 valence electrons. The quantitative estimate of drug-likeness (QED) is 0.210. The van der Waals surface area contributed by atoms with E-state index in [-0.39, 0.29) is 0 Å². The summed E-state index contributed by atoms with van der Waals surface area (Å²) in [7, 11) is 0. The van der Waals surface area contributed by atoms with Gasteiger partial charge in [0.05, 0.1) is 22.6 Å². The largest absolute Gasteiger partial charge is 0.246 e. The number of nitrogens with zero attached hydrogens (tertiary/aromatic N) is 2. The smallest absolute Gasteiger partial charge is 0.0972 e. The van der Waals surface area contributed by atoms with Crippen LogP contribution in [0.2, 0.25) is 0 Å². The Hall–Kier alpha value is -5.60. The van der Waals surface area contributed by atoms with Crippen LogP contribution in [-0.4, -0.2) is 9.97 Å². The van der Waals surface area contributed by atoms with Crippen molar-refractivity contribution in [3.05, 3.63) is 158 Å². The molecule has 2 aromatic heterocycles.